The van der Waals surface area contributed by atoms with Gasteiger partial charge in [0.25, 0.3) is 0 Å². The molecule has 0 unspecified atom stereocenters. The molecule has 0 N–H and O–H groups in total. The van der Waals surface area contributed by atoms with Crippen molar-refractivity contribution in [2.24, 2.45) is 0 Å². The van der Waals surface area contributed by atoms with Gasteiger partial charge < -0.3 is 9.64 Å². The second kappa shape index (κ2) is 6.86. The zero-order valence-electron chi connectivity index (χ0n) is 13.8. The van der Waals surface area contributed by atoms with Crippen LogP contribution in [-0.2, 0) is 6.42 Å². The van der Waals surface area contributed by atoms with E-state index in [1.54, 1.807) is 0 Å². The summed E-state index contributed by atoms with van der Waals surface area (Å²) in [5.41, 5.74) is 4.21. The Balaban J connectivity index is 1.25. The quantitative estimate of drug-likeness (QED) is 0.507. The molecule has 0 aliphatic rings. The molecule has 0 bridgehead atoms. The highest BCUT2D eigenvalue weighted by molar-refractivity contribution is 5.74. The molecule has 8 nitrogen and oxygen atoms in total. The molecule has 0 saturated carbocycles. The fourth-order valence-electron chi connectivity index (χ4n) is 2.59. The molecule has 0 atom stereocenters. The predicted octanol–water partition coefficient (Wildman–Crippen LogP) is 2.31. The van der Waals surface area contributed by atoms with E-state index in [1.165, 1.54) is 5.56 Å². The van der Waals surface area contributed by atoms with Crippen LogP contribution in [0.4, 0.5) is 0 Å². The molecule has 0 saturated heterocycles. The number of hydrogen-bond acceptors (Lipinski definition) is 8. The van der Waals surface area contributed by atoms with Crippen molar-refractivity contribution in [3.63, 3.8) is 0 Å². The van der Waals surface area contributed by atoms with Gasteiger partial charge in [0, 0.05) is 19.2 Å². The van der Waals surface area contributed by atoms with E-state index in [0.717, 1.165) is 41.8 Å². The number of aromatic nitrogens is 4. The van der Waals surface area contributed by atoms with Gasteiger partial charge in [0.2, 0.25) is 0 Å². The Morgan fingerprint density at radius 3 is 2.32 bits per heavy atom. The van der Waals surface area contributed by atoms with Crippen LogP contribution in [0.2, 0.25) is 0 Å². The first-order valence-corrected chi connectivity index (χ1v) is 8.03. The molecule has 4 rings (SSSR count). The normalized spacial score (nSPS) is 11.6. The third kappa shape index (κ3) is 3.58. The molecule has 8 heteroatoms. The Hall–Kier alpha value is -3.00. The van der Waals surface area contributed by atoms with Gasteiger partial charge in [-0.25, -0.2) is 9.26 Å². The molecule has 128 valence electrons. The lowest BCUT2D eigenvalue weighted by atomic mass is 10.1. The molecular formula is C17H17N5O3. The van der Waals surface area contributed by atoms with Crippen LogP contribution in [-0.4, -0.2) is 52.3 Å². The van der Waals surface area contributed by atoms with E-state index in [2.05, 4.69) is 43.3 Å². The highest BCUT2D eigenvalue weighted by Crippen LogP contribution is 2.17. The van der Waals surface area contributed by atoms with Crippen molar-refractivity contribution in [1.82, 2.24) is 25.5 Å². The molecule has 0 radical (unpaired) electrons. The van der Waals surface area contributed by atoms with Crippen LogP contribution < -0.4 is 4.74 Å². The van der Waals surface area contributed by atoms with Crippen molar-refractivity contribution in [3.8, 4) is 5.75 Å². The maximum Gasteiger partial charge on any atom is 0.138 e. The fraction of sp³-hybridized carbons (Fsp3) is 0.294. The Morgan fingerprint density at radius 2 is 1.52 bits per heavy atom. The minimum absolute atomic E-state index is 0.597. The molecule has 0 aliphatic carbocycles. The van der Waals surface area contributed by atoms with Crippen LogP contribution in [0.5, 0.6) is 5.75 Å². The lowest BCUT2D eigenvalue weighted by molar-refractivity contribution is 0.239. The zero-order valence-corrected chi connectivity index (χ0v) is 13.8. The first kappa shape index (κ1) is 15.5. The lowest BCUT2D eigenvalue weighted by Crippen LogP contribution is -2.26. The van der Waals surface area contributed by atoms with Gasteiger partial charge >= 0.3 is 0 Å². The molecule has 2 aromatic carbocycles. The summed E-state index contributed by atoms with van der Waals surface area (Å²) in [6.45, 7) is 2.34. The summed E-state index contributed by atoms with van der Waals surface area (Å²) in [6.07, 6.45) is 0.926. The second-order valence-electron chi connectivity index (χ2n) is 5.90. The number of benzene rings is 2. The van der Waals surface area contributed by atoms with E-state index >= 15 is 0 Å². The Morgan fingerprint density at radius 1 is 0.840 bits per heavy atom. The van der Waals surface area contributed by atoms with Crippen molar-refractivity contribution < 1.29 is 14.0 Å². The van der Waals surface area contributed by atoms with E-state index in [4.69, 9.17) is 9.37 Å². The number of ether oxygens (including phenoxy) is 1. The highest BCUT2D eigenvalue weighted by atomic mass is 16.6. The third-order valence-corrected chi connectivity index (χ3v) is 4.07. The summed E-state index contributed by atoms with van der Waals surface area (Å²) >= 11 is 0. The van der Waals surface area contributed by atoms with Gasteiger partial charge in [-0.2, -0.15) is 0 Å². The number of hydrogen-bond donors (Lipinski definition) is 0. The minimum atomic E-state index is 0.597. The summed E-state index contributed by atoms with van der Waals surface area (Å²) in [5, 5.41) is 15.3. The molecule has 4 aromatic rings. The first-order valence-electron chi connectivity index (χ1n) is 8.03. The molecule has 0 aliphatic heterocycles. The van der Waals surface area contributed by atoms with Gasteiger partial charge in [0.05, 0.1) is 0 Å². The molecular weight excluding hydrogens is 322 g/mol. The molecule has 2 aromatic heterocycles. The monoisotopic (exact) mass is 339 g/mol. The SMILES string of the molecule is CN(CCOc1ccc2nonc2c1)CCc1ccc2nonc2c1. The van der Waals surface area contributed by atoms with Gasteiger partial charge in [0.1, 0.15) is 34.4 Å². The van der Waals surface area contributed by atoms with Crippen LogP contribution in [0.15, 0.2) is 45.7 Å². The number of likely N-dealkylation sites (N-methyl/N-ethyl adjacent to an activating group) is 1. The maximum atomic E-state index is 5.77. The number of rotatable bonds is 7. The summed E-state index contributed by atoms with van der Waals surface area (Å²) in [6, 6.07) is 11.5. The summed E-state index contributed by atoms with van der Waals surface area (Å²) < 4.78 is 15.2. The third-order valence-electron chi connectivity index (χ3n) is 4.07. The topological polar surface area (TPSA) is 90.3 Å². The van der Waals surface area contributed by atoms with Gasteiger partial charge in [-0.15, -0.1) is 0 Å². The van der Waals surface area contributed by atoms with Crippen LogP contribution in [0.25, 0.3) is 22.1 Å². The summed E-state index contributed by atoms with van der Waals surface area (Å²) in [4.78, 5) is 2.22. The van der Waals surface area contributed by atoms with Gasteiger partial charge in [-0.3, -0.25) is 0 Å². The smallest absolute Gasteiger partial charge is 0.138 e. The van der Waals surface area contributed by atoms with E-state index in [1.807, 2.05) is 30.3 Å². The zero-order chi connectivity index (χ0) is 17.1. The molecule has 25 heavy (non-hydrogen) atoms. The van der Waals surface area contributed by atoms with E-state index < -0.39 is 0 Å². The molecule has 0 amide bonds. The largest absolute Gasteiger partial charge is 0.492 e. The Labute approximate surface area is 143 Å². The van der Waals surface area contributed by atoms with E-state index in [-0.39, 0.29) is 0 Å². The molecule has 0 spiro atoms. The Kier molecular flexibility index (Phi) is 4.26. The molecule has 0 fully saturated rings. The van der Waals surface area contributed by atoms with Crippen LogP contribution in [0, 0.1) is 0 Å². The number of nitrogens with zero attached hydrogens (tertiary/aromatic N) is 5. The van der Waals surface area contributed by atoms with Crippen LogP contribution in [0.3, 0.4) is 0 Å². The van der Waals surface area contributed by atoms with Gasteiger partial charge in [-0.1, -0.05) is 6.07 Å². The highest BCUT2D eigenvalue weighted by Gasteiger charge is 2.05. The van der Waals surface area contributed by atoms with Crippen molar-refractivity contribution in [1.29, 1.82) is 0 Å². The summed E-state index contributed by atoms with van der Waals surface area (Å²) in [5.74, 6) is 0.764. The van der Waals surface area contributed by atoms with Crippen LogP contribution in [0.1, 0.15) is 5.56 Å². The molecule has 2 heterocycles. The fourth-order valence-corrected chi connectivity index (χ4v) is 2.59. The minimum Gasteiger partial charge on any atom is -0.492 e. The average molecular weight is 339 g/mol. The lowest BCUT2D eigenvalue weighted by Gasteiger charge is -2.16. The number of fused-ring (bicyclic) bond motifs is 2. The van der Waals surface area contributed by atoms with E-state index in [9.17, 15) is 0 Å². The van der Waals surface area contributed by atoms with Gasteiger partial charge in [0.15, 0.2) is 0 Å². The van der Waals surface area contributed by atoms with Gasteiger partial charge in [-0.05, 0) is 63.9 Å². The standard InChI is InChI=1S/C17H17N5O3/c1-22(7-6-12-2-4-14-16(10-12)20-24-18-14)8-9-23-13-3-5-15-17(11-13)21-25-19-15/h2-5,10-11H,6-9H2,1H3. The van der Waals surface area contributed by atoms with Crippen molar-refractivity contribution >= 4 is 22.1 Å². The Bertz CT molecular complexity index is 980. The predicted molar refractivity (Wildman–Crippen MR) is 90.3 cm³/mol. The van der Waals surface area contributed by atoms with Crippen molar-refractivity contribution in [3.05, 3.63) is 42.0 Å². The van der Waals surface area contributed by atoms with E-state index in [0.29, 0.717) is 12.1 Å². The average Bonchev–Trinajstić information content (AvgIpc) is 3.28. The van der Waals surface area contributed by atoms with Crippen LogP contribution >= 0.6 is 0 Å². The van der Waals surface area contributed by atoms with Crippen molar-refractivity contribution in [2.75, 3.05) is 26.7 Å². The van der Waals surface area contributed by atoms with Crippen molar-refractivity contribution in [2.45, 2.75) is 6.42 Å². The first-order chi connectivity index (χ1) is 12.3. The maximum absolute atomic E-state index is 5.77. The summed E-state index contributed by atoms with van der Waals surface area (Å²) in [7, 11) is 2.07. The second-order valence-corrected chi connectivity index (χ2v) is 5.90.